The maximum Gasteiger partial charge on any atom is 0.220 e. The highest BCUT2D eigenvalue weighted by atomic mass is 16.1. The average molecular weight is 224 g/mol. The lowest BCUT2D eigenvalue weighted by Crippen LogP contribution is -2.51. The van der Waals surface area contributed by atoms with Crippen molar-refractivity contribution in [1.82, 2.24) is 10.6 Å². The van der Waals surface area contributed by atoms with Gasteiger partial charge in [-0.2, -0.15) is 0 Å². The minimum Gasteiger partial charge on any atom is -0.355 e. The molecule has 3 nitrogen and oxygen atoms in total. The first-order chi connectivity index (χ1) is 7.79. The molecule has 1 amide bonds. The molecule has 1 heterocycles. The Morgan fingerprint density at radius 1 is 1.31 bits per heavy atom. The van der Waals surface area contributed by atoms with E-state index < -0.39 is 0 Å². The van der Waals surface area contributed by atoms with Gasteiger partial charge < -0.3 is 10.6 Å². The Morgan fingerprint density at radius 2 is 2.12 bits per heavy atom. The highest BCUT2D eigenvalue weighted by Crippen LogP contribution is 2.27. The summed E-state index contributed by atoms with van der Waals surface area (Å²) in [6.45, 7) is 3.12. The molecule has 1 saturated carbocycles. The van der Waals surface area contributed by atoms with Crippen molar-refractivity contribution in [2.24, 2.45) is 5.92 Å². The van der Waals surface area contributed by atoms with Crippen LogP contribution in [0, 0.1) is 5.92 Å². The highest BCUT2D eigenvalue weighted by molar-refractivity contribution is 5.76. The summed E-state index contributed by atoms with van der Waals surface area (Å²) in [7, 11) is 0. The van der Waals surface area contributed by atoms with Gasteiger partial charge in [-0.25, -0.2) is 0 Å². The van der Waals surface area contributed by atoms with Crippen molar-refractivity contribution in [3.05, 3.63) is 0 Å². The number of nitrogens with one attached hydrogen (secondary N) is 2. The van der Waals surface area contributed by atoms with Gasteiger partial charge in [0.1, 0.15) is 0 Å². The van der Waals surface area contributed by atoms with E-state index in [2.05, 4.69) is 17.6 Å². The van der Waals surface area contributed by atoms with Crippen molar-refractivity contribution in [3.8, 4) is 0 Å². The zero-order valence-corrected chi connectivity index (χ0v) is 10.3. The van der Waals surface area contributed by atoms with Crippen LogP contribution in [0.4, 0.5) is 0 Å². The topological polar surface area (TPSA) is 41.1 Å². The van der Waals surface area contributed by atoms with E-state index in [4.69, 9.17) is 0 Å². The summed E-state index contributed by atoms with van der Waals surface area (Å²) in [6, 6.07) is 1.20. The summed E-state index contributed by atoms with van der Waals surface area (Å²) < 4.78 is 0. The smallest absolute Gasteiger partial charge is 0.220 e. The van der Waals surface area contributed by atoms with E-state index in [1.54, 1.807) is 0 Å². The van der Waals surface area contributed by atoms with Crippen molar-refractivity contribution >= 4 is 5.91 Å². The molecule has 2 aliphatic rings. The number of carbonyl (C=O) groups is 1. The summed E-state index contributed by atoms with van der Waals surface area (Å²) in [5.74, 6) is 1.07. The first kappa shape index (κ1) is 11.9. The molecular weight excluding hydrogens is 200 g/mol. The van der Waals surface area contributed by atoms with Gasteiger partial charge in [0, 0.05) is 25.0 Å². The van der Waals surface area contributed by atoms with Crippen LogP contribution < -0.4 is 10.6 Å². The Kier molecular flexibility index (Phi) is 4.22. The molecule has 0 bridgehead atoms. The Bertz CT molecular complexity index is 232. The molecule has 1 saturated heterocycles. The van der Waals surface area contributed by atoms with Crippen molar-refractivity contribution in [1.29, 1.82) is 0 Å². The Labute approximate surface area is 98.4 Å². The Morgan fingerprint density at radius 3 is 2.81 bits per heavy atom. The third kappa shape index (κ3) is 2.97. The van der Waals surface area contributed by atoms with Crippen LogP contribution in [0.1, 0.15) is 51.9 Å². The lowest BCUT2D eigenvalue weighted by molar-refractivity contribution is -0.122. The molecule has 0 radical (unpaired) electrons. The lowest BCUT2D eigenvalue weighted by Gasteiger charge is -2.36. The van der Waals surface area contributed by atoms with E-state index in [9.17, 15) is 4.79 Å². The molecule has 16 heavy (non-hydrogen) atoms. The molecule has 0 aromatic carbocycles. The number of hydrogen-bond donors (Lipinski definition) is 2. The molecule has 0 aromatic rings. The standard InChI is InChI=1S/C13H24N2O/c1-2-10-5-3-4-6-12(10)15-11-7-8-13(16)14-9-11/h10-12,15H,2-9H2,1H3,(H,14,16). The molecule has 1 aliphatic carbocycles. The van der Waals surface area contributed by atoms with Crippen LogP contribution in [0.15, 0.2) is 0 Å². The van der Waals surface area contributed by atoms with Gasteiger partial charge >= 0.3 is 0 Å². The second-order valence-corrected chi connectivity index (χ2v) is 5.27. The lowest BCUT2D eigenvalue weighted by atomic mass is 9.82. The van der Waals surface area contributed by atoms with Gasteiger partial charge in [-0.3, -0.25) is 4.79 Å². The van der Waals surface area contributed by atoms with E-state index >= 15 is 0 Å². The fraction of sp³-hybridized carbons (Fsp3) is 0.923. The van der Waals surface area contributed by atoms with Crippen molar-refractivity contribution in [2.75, 3.05) is 6.54 Å². The van der Waals surface area contributed by atoms with Crippen molar-refractivity contribution < 1.29 is 4.79 Å². The van der Waals surface area contributed by atoms with E-state index in [1.807, 2.05) is 0 Å². The molecular formula is C13H24N2O. The molecule has 0 aromatic heterocycles. The molecule has 3 heteroatoms. The SMILES string of the molecule is CCC1CCCCC1NC1CCC(=O)NC1. The summed E-state index contributed by atoms with van der Waals surface area (Å²) in [6.07, 6.45) is 8.47. The summed E-state index contributed by atoms with van der Waals surface area (Å²) >= 11 is 0. The van der Waals surface area contributed by atoms with Crippen LogP contribution in [0.2, 0.25) is 0 Å². The normalized spacial score (nSPS) is 35.8. The van der Waals surface area contributed by atoms with Crippen LogP contribution >= 0.6 is 0 Å². The zero-order chi connectivity index (χ0) is 11.4. The maximum absolute atomic E-state index is 11.1. The minimum atomic E-state index is 0.216. The van der Waals surface area contributed by atoms with Crippen molar-refractivity contribution in [2.45, 2.75) is 64.0 Å². The third-order valence-corrected chi connectivity index (χ3v) is 4.15. The molecule has 92 valence electrons. The second kappa shape index (κ2) is 5.67. The summed E-state index contributed by atoms with van der Waals surface area (Å²) in [5, 5.41) is 6.72. The molecule has 1 aliphatic heterocycles. The van der Waals surface area contributed by atoms with Gasteiger partial charge in [-0.15, -0.1) is 0 Å². The first-order valence-corrected chi connectivity index (χ1v) is 6.82. The monoisotopic (exact) mass is 224 g/mol. The molecule has 0 spiro atoms. The van der Waals surface area contributed by atoms with Gasteiger partial charge in [0.2, 0.25) is 5.91 Å². The van der Waals surface area contributed by atoms with Crippen LogP contribution in [0.5, 0.6) is 0 Å². The number of amides is 1. The third-order valence-electron chi connectivity index (χ3n) is 4.15. The number of rotatable bonds is 3. The average Bonchev–Trinajstić information content (AvgIpc) is 2.33. The number of hydrogen-bond acceptors (Lipinski definition) is 2. The zero-order valence-electron chi connectivity index (χ0n) is 10.3. The summed E-state index contributed by atoms with van der Waals surface area (Å²) in [4.78, 5) is 11.1. The van der Waals surface area contributed by atoms with Crippen LogP contribution in [-0.2, 0) is 4.79 Å². The molecule has 2 fully saturated rings. The number of carbonyl (C=O) groups excluding carboxylic acids is 1. The van der Waals surface area contributed by atoms with E-state index in [0.717, 1.165) is 18.9 Å². The second-order valence-electron chi connectivity index (χ2n) is 5.27. The van der Waals surface area contributed by atoms with Gasteiger partial charge in [-0.05, 0) is 25.2 Å². The van der Waals surface area contributed by atoms with E-state index in [1.165, 1.54) is 32.1 Å². The predicted molar refractivity (Wildman–Crippen MR) is 65.2 cm³/mol. The highest BCUT2D eigenvalue weighted by Gasteiger charge is 2.27. The van der Waals surface area contributed by atoms with Gasteiger partial charge in [0.15, 0.2) is 0 Å². The van der Waals surface area contributed by atoms with Crippen LogP contribution in [0.3, 0.4) is 0 Å². The molecule has 2 N–H and O–H groups in total. The van der Waals surface area contributed by atoms with Gasteiger partial charge in [0.25, 0.3) is 0 Å². The fourth-order valence-electron chi connectivity index (χ4n) is 3.09. The van der Waals surface area contributed by atoms with Crippen LogP contribution in [0.25, 0.3) is 0 Å². The molecule has 3 atom stereocenters. The molecule has 2 rings (SSSR count). The maximum atomic E-state index is 11.1. The van der Waals surface area contributed by atoms with Gasteiger partial charge in [-0.1, -0.05) is 26.2 Å². The largest absolute Gasteiger partial charge is 0.355 e. The fourth-order valence-corrected chi connectivity index (χ4v) is 3.09. The number of piperidine rings is 1. The van der Waals surface area contributed by atoms with Crippen LogP contribution in [-0.4, -0.2) is 24.5 Å². The quantitative estimate of drug-likeness (QED) is 0.768. The predicted octanol–water partition coefficient (Wildman–Crippen LogP) is 1.82. The van der Waals surface area contributed by atoms with E-state index in [0.29, 0.717) is 18.5 Å². The molecule has 3 unspecified atom stereocenters. The minimum absolute atomic E-state index is 0.216. The van der Waals surface area contributed by atoms with Gasteiger partial charge in [0.05, 0.1) is 0 Å². The van der Waals surface area contributed by atoms with Crippen molar-refractivity contribution in [3.63, 3.8) is 0 Å². The Balaban J connectivity index is 1.80. The Hall–Kier alpha value is -0.570. The first-order valence-electron chi connectivity index (χ1n) is 6.82. The summed E-state index contributed by atoms with van der Waals surface area (Å²) in [5.41, 5.74) is 0. The van der Waals surface area contributed by atoms with E-state index in [-0.39, 0.29) is 5.91 Å².